The van der Waals surface area contributed by atoms with Gasteiger partial charge in [-0.05, 0) is 52.1 Å². The average Bonchev–Trinajstić information content (AvgIpc) is 2.47. The Balaban J connectivity index is 1.94. The lowest BCUT2D eigenvalue weighted by molar-refractivity contribution is 0.232. The first kappa shape index (κ1) is 16.0. The van der Waals surface area contributed by atoms with Gasteiger partial charge in [0, 0.05) is 25.4 Å². The molecule has 0 spiro atoms. The van der Waals surface area contributed by atoms with E-state index in [1.54, 1.807) is 6.20 Å². The van der Waals surface area contributed by atoms with E-state index in [9.17, 15) is 0 Å². The van der Waals surface area contributed by atoms with Crippen LogP contribution in [0.2, 0.25) is 0 Å². The average molecular weight is 292 g/mol. The fourth-order valence-electron chi connectivity index (χ4n) is 2.69. The summed E-state index contributed by atoms with van der Waals surface area (Å²) in [5, 5.41) is 3.52. The van der Waals surface area contributed by atoms with Gasteiger partial charge in [0.15, 0.2) is 0 Å². The van der Waals surface area contributed by atoms with Gasteiger partial charge in [-0.2, -0.15) is 4.98 Å². The maximum atomic E-state index is 5.66. The molecular weight excluding hydrogens is 264 g/mol. The van der Waals surface area contributed by atoms with Crippen LogP contribution in [0.4, 0.5) is 5.95 Å². The van der Waals surface area contributed by atoms with Crippen molar-refractivity contribution in [1.82, 2.24) is 15.3 Å². The van der Waals surface area contributed by atoms with Crippen molar-refractivity contribution in [2.24, 2.45) is 5.92 Å². The molecule has 118 valence electrons. The second-order valence-electron chi connectivity index (χ2n) is 6.02. The SMILES string of the molecule is CCCNCC1CCCN(c2nccc(OC(C)C)n2)C1. The molecule has 5 heteroatoms. The van der Waals surface area contributed by atoms with Crippen LogP contribution >= 0.6 is 0 Å². The molecule has 1 aromatic heterocycles. The molecule has 1 aliphatic heterocycles. The standard InChI is InChI=1S/C16H28N4O/c1-4-8-17-11-14-6-5-10-20(12-14)16-18-9-7-15(19-16)21-13(2)3/h7,9,13-14,17H,4-6,8,10-12H2,1-3H3. The molecule has 1 saturated heterocycles. The predicted octanol–water partition coefficient (Wildman–Crippen LogP) is 2.48. The molecule has 0 aliphatic carbocycles. The molecule has 1 aromatic rings. The van der Waals surface area contributed by atoms with Crippen LogP contribution in [0.5, 0.6) is 5.88 Å². The van der Waals surface area contributed by atoms with Crippen molar-refractivity contribution >= 4 is 5.95 Å². The van der Waals surface area contributed by atoms with Crippen LogP contribution in [0.3, 0.4) is 0 Å². The zero-order valence-electron chi connectivity index (χ0n) is 13.5. The third-order valence-corrected chi connectivity index (χ3v) is 3.64. The van der Waals surface area contributed by atoms with Crippen molar-refractivity contribution in [3.8, 4) is 5.88 Å². The first-order chi connectivity index (χ1) is 10.2. The van der Waals surface area contributed by atoms with Crippen LogP contribution in [0.15, 0.2) is 12.3 Å². The molecule has 5 nitrogen and oxygen atoms in total. The van der Waals surface area contributed by atoms with Gasteiger partial charge in [0.25, 0.3) is 0 Å². The Bertz CT molecular complexity index is 424. The number of hydrogen-bond acceptors (Lipinski definition) is 5. The van der Waals surface area contributed by atoms with Crippen molar-refractivity contribution in [2.45, 2.75) is 46.1 Å². The number of piperidine rings is 1. The second kappa shape index (κ2) is 8.17. The topological polar surface area (TPSA) is 50.3 Å². The lowest BCUT2D eigenvalue weighted by Gasteiger charge is -2.33. The van der Waals surface area contributed by atoms with E-state index < -0.39 is 0 Å². The molecule has 1 atom stereocenters. The summed E-state index contributed by atoms with van der Waals surface area (Å²) in [5.74, 6) is 2.15. The van der Waals surface area contributed by atoms with Crippen molar-refractivity contribution in [2.75, 3.05) is 31.1 Å². The Hall–Kier alpha value is -1.36. The molecule has 2 rings (SSSR count). The number of rotatable bonds is 7. The monoisotopic (exact) mass is 292 g/mol. The lowest BCUT2D eigenvalue weighted by atomic mass is 9.98. The van der Waals surface area contributed by atoms with E-state index in [1.165, 1.54) is 19.3 Å². The maximum Gasteiger partial charge on any atom is 0.228 e. The molecule has 1 N–H and O–H groups in total. The van der Waals surface area contributed by atoms with Crippen LogP contribution in [0.1, 0.15) is 40.0 Å². The van der Waals surface area contributed by atoms with Crippen LogP contribution < -0.4 is 15.0 Å². The highest BCUT2D eigenvalue weighted by Crippen LogP contribution is 2.21. The minimum Gasteiger partial charge on any atom is -0.475 e. The summed E-state index contributed by atoms with van der Waals surface area (Å²) in [6.45, 7) is 10.5. The number of nitrogens with one attached hydrogen (secondary N) is 1. The van der Waals surface area contributed by atoms with Gasteiger partial charge in [-0.3, -0.25) is 0 Å². The van der Waals surface area contributed by atoms with Gasteiger partial charge in [0.1, 0.15) is 0 Å². The molecule has 1 unspecified atom stereocenters. The molecule has 0 bridgehead atoms. The summed E-state index contributed by atoms with van der Waals surface area (Å²) in [5.41, 5.74) is 0. The quantitative estimate of drug-likeness (QED) is 0.782. The normalized spacial score (nSPS) is 19.0. The first-order valence-corrected chi connectivity index (χ1v) is 8.14. The highest BCUT2D eigenvalue weighted by molar-refractivity contribution is 5.32. The molecule has 21 heavy (non-hydrogen) atoms. The number of anilines is 1. The highest BCUT2D eigenvalue weighted by atomic mass is 16.5. The molecule has 2 heterocycles. The van der Waals surface area contributed by atoms with Gasteiger partial charge in [-0.25, -0.2) is 4.98 Å². The summed E-state index contributed by atoms with van der Waals surface area (Å²) in [6.07, 6.45) is 5.61. The van der Waals surface area contributed by atoms with Gasteiger partial charge in [-0.15, -0.1) is 0 Å². The van der Waals surface area contributed by atoms with Gasteiger partial charge >= 0.3 is 0 Å². The first-order valence-electron chi connectivity index (χ1n) is 8.14. The fraction of sp³-hybridized carbons (Fsp3) is 0.750. The van der Waals surface area contributed by atoms with Crippen LogP contribution in [-0.2, 0) is 0 Å². The molecule has 0 amide bonds. The van der Waals surface area contributed by atoms with Crippen LogP contribution in [0.25, 0.3) is 0 Å². The van der Waals surface area contributed by atoms with Gasteiger partial charge in [0.05, 0.1) is 6.10 Å². The Kier molecular flexibility index (Phi) is 6.23. The lowest BCUT2D eigenvalue weighted by Crippen LogP contribution is -2.40. The summed E-state index contributed by atoms with van der Waals surface area (Å²) in [4.78, 5) is 11.2. The largest absolute Gasteiger partial charge is 0.475 e. The molecule has 0 aromatic carbocycles. The Morgan fingerprint density at radius 3 is 3.10 bits per heavy atom. The van der Waals surface area contributed by atoms with E-state index in [2.05, 4.69) is 27.1 Å². The van der Waals surface area contributed by atoms with E-state index >= 15 is 0 Å². The molecule has 0 saturated carbocycles. The number of nitrogens with zero attached hydrogens (tertiary/aromatic N) is 3. The van der Waals surface area contributed by atoms with Crippen LogP contribution in [0, 0.1) is 5.92 Å². The zero-order chi connectivity index (χ0) is 15.1. The van der Waals surface area contributed by atoms with E-state index in [4.69, 9.17) is 4.74 Å². The van der Waals surface area contributed by atoms with Crippen molar-refractivity contribution in [1.29, 1.82) is 0 Å². The summed E-state index contributed by atoms with van der Waals surface area (Å²) >= 11 is 0. The summed E-state index contributed by atoms with van der Waals surface area (Å²) in [6, 6.07) is 1.83. The van der Waals surface area contributed by atoms with Crippen LogP contribution in [-0.4, -0.2) is 42.3 Å². The highest BCUT2D eigenvalue weighted by Gasteiger charge is 2.21. The Morgan fingerprint density at radius 1 is 1.48 bits per heavy atom. The minimum atomic E-state index is 0.139. The van der Waals surface area contributed by atoms with Gasteiger partial charge in [0.2, 0.25) is 11.8 Å². The molecule has 0 radical (unpaired) electrons. The molecule has 1 aliphatic rings. The van der Waals surface area contributed by atoms with Gasteiger partial charge < -0.3 is 15.0 Å². The number of ether oxygens (including phenoxy) is 1. The van der Waals surface area contributed by atoms with E-state index in [1.807, 2.05) is 19.9 Å². The predicted molar refractivity (Wildman–Crippen MR) is 85.9 cm³/mol. The Labute approximate surface area is 128 Å². The van der Waals surface area contributed by atoms with Crippen molar-refractivity contribution in [3.63, 3.8) is 0 Å². The smallest absolute Gasteiger partial charge is 0.228 e. The number of aromatic nitrogens is 2. The third-order valence-electron chi connectivity index (χ3n) is 3.64. The maximum absolute atomic E-state index is 5.66. The van der Waals surface area contributed by atoms with Crippen molar-refractivity contribution < 1.29 is 4.74 Å². The zero-order valence-corrected chi connectivity index (χ0v) is 13.5. The minimum absolute atomic E-state index is 0.139. The molecule has 1 fully saturated rings. The Morgan fingerprint density at radius 2 is 2.33 bits per heavy atom. The summed E-state index contributed by atoms with van der Waals surface area (Å²) < 4.78 is 5.66. The third kappa shape index (κ3) is 5.16. The summed E-state index contributed by atoms with van der Waals surface area (Å²) in [7, 11) is 0. The fourth-order valence-corrected chi connectivity index (χ4v) is 2.69. The van der Waals surface area contributed by atoms with Gasteiger partial charge in [-0.1, -0.05) is 6.92 Å². The second-order valence-corrected chi connectivity index (χ2v) is 6.02. The van der Waals surface area contributed by atoms with E-state index in [-0.39, 0.29) is 6.10 Å². The van der Waals surface area contributed by atoms with Crippen molar-refractivity contribution in [3.05, 3.63) is 12.3 Å². The van der Waals surface area contributed by atoms with E-state index in [0.717, 1.165) is 32.1 Å². The van der Waals surface area contributed by atoms with E-state index in [0.29, 0.717) is 11.8 Å². The number of hydrogen-bond donors (Lipinski definition) is 1. The molecular formula is C16H28N4O.